The number of aromatic nitrogens is 1. The van der Waals surface area contributed by atoms with Gasteiger partial charge in [-0.3, -0.25) is 19.7 Å². The third-order valence-corrected chi connectivity index (χ3v) is 3.65. The monoisotopic (exact) mass is 330 g/mol. The van der Waals surface area contributed by atoms with Crippen molar-refractivity contribution in [2.45, 2.75) is 20.4 Å². The quantitative estimate of drug-likeness (QED) is 0.571. The minimum atomic E-state index is -0.558. The first kappa shape index (κ1) is 17.2. The Hall–Kier alpha value is -3.16. The van der Waals surface area contributed by atoms with Crippen LogP contribution in [-0.4, -0.2) is 22.9 Å². The lowest BCUT2D eigenvalue weighted by Crippen LogP contribution is -2.28. The SMILES string of the molecule is CNc1ccc(C(=O)NCc2c(C)cc(C)[nH]c2=O)cc1[N+](=O)[O-]. The topological polar surface area (TPSA) is 117 Å². The Bertz CT molecular complexity index is 858. The summed E-state index contributed by atoms with van der Waals surface area (Å²) >= 11 is 0. The Balaban J connectivity index is 2.21. The number of nitro groups is 1. The fraction of sp³-hybridized carbons (Fsp3) is 0.250. The van der Waals surface area contributed by atoms with E-state index in [9.17, 15) is 19.7 Å². The highest BCUT2D eigenvalue weighted by atomic mass is 16.6. The van der Waals surface area contributed by atoms with Gasteiger partial charge in [0.05, 0.1) is 4.92 Å². The second-order valence-corrected chi connectivity index (χ2v) is 5.36. The maximum absolute atomic E-state index is 12.2. The average Bonchev–Trinajstić information content (AvgIpc) is 2.52. The van der Waals surface area contributed by atoms with Crippen LogP contribution < -0.4 is 16.2 Å². The van der Waals surface area contributed by atoms with Crippen molar-refractivity contribution in [3.05, 3.63) is 67.1 Å². The van der Waals surface area contributed by atoms with Gasteiger partial charge in [-0.15, -0.1) is 0 Å². The van der Waals surface area contributed by atoms with E-state index in [1.165, 1.54) is 18.2 Å². The van der Waals surface area contributed by atoms with Gasteiger partial charge >= 0.3 is 0 Å². The first-order valence-corrected chi connectivity index (χ1v) is 7.27. The largest absolute Gasteiger partial charge is 0.383 e. The number of nitrogens with one attached hydrogen (secondary N) is 3. The van der Waals surface area contributed by atoms with Crippen LogP contribution in [0.2, 0.25) is 0 Å². The number of hydrogen-bond donors (Lipinski definition) is 3. The molecule has 0 saturated carbocycles. The summed E-state index contributed by atoms with van der Waals surface area (Å²) in [5.41, 5.74) is 2.00. The standard InChI is InChI=1S/C16H18N4O4/c1-9-6-10(2)19-16(22)12(9)8-18-15(21)11-4-5-13(17-3)14(7-11)20(23)24/h4-7,17H,8H2,1-3H3,(H,18,21)(H,19,22). The molecule has 126 valence electrons. The van der Waals surface area contributed by atoms with Crippen LogP contribution in [0.1, 0.15) is 27.2 Å². The van der Waals surface area contributed by atoms with Crippen LogP contribution in [-0.2, 0) is 6.54 Å². The van der Waals surface area contributed by atoms with E-state index in [0.717, 1.165) is 11.3 Å². The van der Waals surface area contributed by atoms with E-state index in [-0.39, 0.29) is 23.4 Å². The van der Waals surface area contributed by atoms with E-state index >= 15 is 0 Å². The number of hydrogen-bond acceptors (Lipinski definition) is 5. The van der Waals surface area contributed by atoms with Gasteiger partial charge in [0.2, 0.25) is 0 Å². The predicted octanol–water partition coefficient (Wildman–Crippen LogP) is 1.87. The lowest BCUT2D eigenvalue weighted by molar-refractivity contribution is -0.384. The van der Waals surface area contributed by atoms with E-state index < -0.39 is 10.8 Å². The molecule has 0 radical (unpaired) electrons. The second kappa shape index (κ2) is 6.95. The highest BCUT2D eigenvalue weighted by molar-refractivity contribution is 5.95. The number of pyridine rings is 1. The van der Waals surface area contributed by atoms with Gasteiger partial charge < -0.3 is 15.6 Å². The maximum Gasteiger partial charge on any atom is 0.293 e. The van der Waals surface area contributed by atoms with Crippen LogP contribution in [0.5, 0.6) is 0 Å². The summed E-state index contributed by atoms with van der Waals surface area (Å²) in [5, 5.41) is 16.4. The van der Waals surface area contributed by atoms with E-state index in [1.807, 2.05) is 6.07 Å². The van der Waals surface area contributed by atoms with Crippen molar-refractivity contribution in [2.24, 2.45) is 0 Å². The molecule has 8 nitrogen and oxygen atoms in total. The Morgan fingerprint density at radius 1 is 1.29 bits per heavy atom. The van der Waals surface area contributed by atoms with E-state index in [2.05, 4.69) is 15.6 Å². The van der Waals surface area contributed by atoms with Gasteiger partial charge in [-0.05, 0) is 37.6 Å². The number of benzene rings is 1. The third-order valence-electron chi connectivity index (χ3n) is 3.65. The van der Waals surface area contributed by atoms with Crippen molar-refractivity contribution in [3.8, 4) is 0 Å². The summed E-state index contributed by atoms with van der Waals surface area (Å²) in [6, 6.07) is 5.97. The Labute approximate surface area is 138 Å². The van der Waals surface area contributed by atoms with Gasteiger partial charge in [0, 0.05) is 36.5 Å². The van der Waals surface area contributed by atoms with Crippen molar-refractivity contribution in [3.63, 3.8) is 0 Å². The molecule has 2 rings (SSSR count). The second-order valence-electron chi connectivity index (χ2n) is 5.36. The molecule has 3 N–H and O–H groups in total. The molecular formula is C16H18N4O4. The van der Waals surface area contributed by atoms with Crippen molar-refractivity contribution in [2.75, 3.05) is 12.4 Å². The van der Waals surface area contributed by atoms with E-state index in [4.69, 9.17) is 0 Å². The van der Waals surface area contributed by atoms with Crippen LogP contribution >= 0.6 is 0 Å². The molecule has 0 aliphatic heterocycles. The zero-order valence-electron chi connectivity index (χ0n) is 13.6. The third kappa shape index (κ3) is 3.60. The number of carbonyl (C=O) groups excluding carboxylic acids is 1. The molecule has 24 heavy (non-hydrogen) atoms. The first-order chi connectivity index (χ1) is 11.3. The van der Waals surface area contributed by atoms with E-state index in [1.54, 1.807) is 20.9 Å². The number of amides is 1. The lowest BCUT2D eigenvalue weighted by atomic mass is 10.1. The van der Waals surface area contributed by atoms with Crippen molar-refractivity contribution >= 4 is 17.3 Å². The smallest absolute Gasteiger partial charge is 0.293 e. The summed E-state index contributed by atoms with van der Waals surface area (Å²) in [6.07, 6.45) is 0. The summed E-state index contributed by atoms with van der Waals surface area (Å²) in [6.45, 7) is 3.61. The Morgan fingerprint density at radius 2 is 2.00 bits per heavy atom. The molecule has 0 aliphatic carbocycles. The highest BCUT2D eigenvalue weighted by Crippen LogP contribution is 2.24. The molecule has 0 saturated heterocycles. The molecule has 1 aromatic carbocycles. The molecule has 0 spiro atoms. The van der Waals surface area contributed by atoms with Crippen LogP contribution in [0, 0.1) is 24.0 Å². The number of aromatic amines is 1. The van der Waals surface area contributed by atoms with Gasteiger partial charge in [0.15, 0.2) is 0 Å². The van der Waals surface area contributed by atoms with Gasteiger partial charge in [0.25, 0.3) is 17.2 Å². The van der Waals surface area contributed by atoms with Gasteiger partial charge in [-0.2, -0.15) is 0 Å². The van der Waals surface area contributed by atoms with Crippen LogP contribution in [0.15, 0.2) is 29.1 Å². The van der Waals surface area contributed by atoms with Crippen molar-refractivity contribution in [1.29, 1.82) is 0 Å². The summed E-state index contributed by atoms with van der Waals surface area (Å²) in [7, 11) is 1.56. The fourth-order valence-corrected chi connectivity index (χ4v) is 2.41. The normalized spacial score (nSPS) is 10.3. The number of carbonyl (C=O) groups is 1. The summed E-state index contributed by atoms with van der Waals surface area (Å²) in [4.78, 5) is 37.3. The number of H-pyrrole nitrogens is 1. The van der Waals surface area contributed by atoms with Gasteiger partial charge in [-0.25, -0.2) is 0 Å². The first-order valence-electron chi connectivity index (χ1n) is 7.27. The summed E-state index contributed by atoms with van der Waals surface area (Å²) < 4.78 is 0. The van der Waals surface area contributed by atoms with Crippen LogP contribution in [0.4, 0.5) is 11.4 Å². The molecular weight excluding hydrogens is 312 g/mol. The minimum Gasteiger partial charge on any atom is -0.383 e. The molecule has 2 aromatic rings. The Morgan fingerprint density at radius 3 is 2.58 bits per heavy atom. The van der Waals surface area contributed by atoms with Crippen LogP contribution in [0.25, 0.3) is 0 Å². The fourth-order valence-electron chi connectivity index (χ4n) is 2.41. The average molecular weight is 330 g/mol. The maximum atomic E-state index is 12.2. The molecule has 1 aromatic heterocycles. The minimum absolute atomic E-state index is 0.0435. The van der Waals surface area contributed by atoms with Crippen molar-refractivity contribution < 1.29 is 9.72 Å². The molecule has 8 heteroatoms. The number of anilines is 1. The molecule has 0 aliphatic rings. The lowest BCUT2D eigenvalue weighted by Gasteiger charge is -2.09. The molecule has 1 heterocycles. The molecule has 0 fully saturated rings. The van der Waals surface area contributed by atoms with Gasteiger partial charge in [-0.1, -0.05) is 0 Å². The zero-order chi connectivity index (χ0) is 17.9. The predicted molar refractivity (Wildman–Crippen MR) is 90.4 cm³/mol. The van der Waals surface area contributed by atoms with Crippen molar-refractivity contribution in [1.82, 2.24) is 10.3 Å². The van der Waals surface area contributed by atoms with Crippen LogP contribution in [0.3, 0.4) is 0 Å². The number of nitro benzene ring substituents is 1. The number of aryl methyl sites for hydroxylation is 2. The van der Waals surface area contributed by atoms with Gasteiger partial charge in [0.1, 0.15) is 5.69 Å². The molecule has 0 atom stereocenters. The highest BCUT2D eigenvalue weighted by Gasteiger charge is 2.17. The molecule has 0 unspecified atom stereocenters. The van der Waals surface area contributed by atoms with E-state index in [0.29, 0.717) is 11.3 Å². The number of nitrogens with zero attached hydrogens (tertiary/aromatic N) is 1. The summed E-state index contributed by atoms with van der Waals surface area (Å²) in [5.74, 6) is -0.486. The Kier molecular flexibility index (Phi) is 4.98. The number of rotatable bonds is 5. The molecule has 0 bridgehead atoms. The zero-order valence-corrected chi connectivity index (χ0v) is 13.6. The molecule has 1 amide bonds.